The van der Waals surface area contributed by atoms with Crippen LogP contribution < -0.4 is 5.84 Å². The molecule has 0 radical (unpaired) electrons. The van der Waals surface area contributed by atoms with Crippen molar-refractivity contribution in [3.63, 3.8) is 0 Å². The molecule has 0 aromatic heterocycles. The van der Waals surface area contributed by atoms with E-state index in [1.54, 1.807) is 14.1 Å². The molecule has 0 heterocycles. The Morgan fingerprint density at radius 3 is 1.00 bits per heavy atom. The molecule has 0 aliphatic carbocycles. The van der Waals surface area contributed by atoms with Crippen LogP contribution in [0.15, 0.2) is 0 Å². The van der Waals surface area contributed by atoms with Gasteiger partial charge < -0.3 is 0 Å². The summed E-state index contributed by atoms with van der Waals surface area (Å²) in [6.45, 7) is 4.00. The van der Waals surface area contributed by atoms with Gasteiger partial charge in [-0.05, 0) is 0 Å². The monoisotopic (exact) mass is 321 g/mol. The van der Waals surface area contributed by atoms with Gasteiger partial charge in [0.05, 0.1) is 0 Å². The first-order valence-electron chi connectivity index (χ1n) is 4.24. The first kappa shape index (κ1) is 36.3. The van der Waals surface area contributed by atoms with E-state index in [1.807, 2.05) is 13.8 Å². The van der Waals surface area contributed by atoms with Crippen LogP contribution >= 0.6 is 0 Å². The summed E-state index contributed by atoms with van der Waals surface area (Å²) < 4.78 is 5.88. The first-order valence-corrected chi connectivity index (χ1v) is 13.0. The summed E-state index contributed by atoms with van der Waals surface area (Å²) in [5.74, 6) is 4.94. The van der Waals surface area contributed by atoms with Crippen LogP contribution in [0.2, 0.25) is 16.4 Å². The number of rotatable bonds is 0. The van der Waals surface area contributed by atoms with Crippen molar-refractivity contribution in [3.8, 4) is 0 Å². The maximum absolute atomic E-state index is 5.88. The van der Waals surface area contributed by atoms with Crippen molar-refractivity contribution in [2.75, 3.05) is 14.1 Å². The van der Waals surface area contributed by atoms with Gasteiger partial charge in [0.15, 0.2) is 0 Å². The van der Waals surface area contributed by atoms with Crippen LogP contribution in [0.5, 0.6) is 0 Å². The second kappa shape index (κ2) is 48.3. The van der Waals surface area contributed by atoms with E-state index in [4.69, 9.17) is 9.91 Å². The molecular weight excluding hydrogens is 290 g/mol. The molecule has 3 N–H and O–H groups in total. The van der Waals surface area contributed by atoms with Crippen LogP contribution in [0, 0.1) is 4.06 Å². The van der Waals surface area contributed by atoms with E-state index in [0.717, 1.165) is 0 Å². The van der Waals surface area contributed by atoms with Crippen molar-refractivity contribution >= 4 is 34.6 Å². The number of nitrogens with one attached hydrogen (secondary N) is 1. The van der Waals surface area contributed by atoms with E-state index in [2.05, 4.69) is 16.4 Å². The van der Waals surface area contributed by atoms with Crippen molar-refractivity contribution in [2.24, 2.45) is 5.84 Å². The molecule has 0 saturated carbocycles. The second-order valence-corrected chi connectivity index (χ2v) is 9.96. The summed E-state index contributed by atoms with van der Waals surface area (Å²) in [7, 11) is 3.56. The molecule has 90 valence electrons. The molecule has 5 heteroatoms. The van der Waals surface area contributed by atoms with Gasteiger partial charge >= 0.3 is 55.1 Å². The molecule has 0 atom stereocenters. The molecule has 0 unspecified atom stereocenters. The predicted molar refractivity (Wildman–Crippen MR) is 75.9 cm³/mol. The van der Waals surface area contributed by atoms with Gasteiger partial charge in [0.25, 0.3) is 0 Å². The van der Waals surface area contributed by atoms with Crippen LogP contribution in [0.25, 0.3) is 0 Å². The molecule has 0 aromatic carbocycles. The Hall–Kier alpha value is 0.993. The van der Waals surface area contributed by atoms with Crippen LogP contribution in [-0.2, 0) is 0 Å². The topological polar surface area (TPSA) is 53.1 Å². The van der Waals surface area contributed by atoms with Crippen LogP contribution in [-0.4, -0.2) is 53.7 Å². The standard InChI is InChI=1S/C2H8N2.C2H6.2CH4.3CH3.2Ga.HN.H/c1-4(2)3;1-2;;;;;;;;;/h3H2,1-2H3;1-2H3;2*1H4;3*1H3;;;1H;. The van der Waals surface area contributed by atoms with Crippen molar-refractivity contribution in [3.05, 3.63) is 0 Å². The number of hydrogen-bond acceptors (Lipinski definition) is 3. The number of nitrogens with zero attached hydrogens (tertiary/aromatic N) is 1. The maximum atomic E-state index is 5.88. The molecule has 14 heavy (non-hydrogen) atoms. The minimum atomic E-state index is -0.479. The summed E-state index contributed by atoms with van der Waals surface area (Å²) in [4.78, 5) is 0. The van der Waals surface area contributed by atoms with Crippen LogP contribution in [0.4, 0.5) is 0 Å². The van der Waals surface area contributed by atoms with Gasteiger partial charge in [0.1, 0.15) is 0 Å². The predicted octanol–water partition coefficient (Wildman–Crippen LogP) is 2.74. The van der Waals surface area contributed by atoms with Crippen molar-refractivity contribution in [1.29, 1.82) is 4.06 Å². The zero-order valence-electron chi connectivity index (χ0n) is 9.81. The molecule has 0 spiro atoms. The van der Waals surface area contributed by atoms with Gasteiger partial charge in [-0.15, -0.1) is 0 Å². The van der Waals surface area contributed by atoms with E-state index in [-0.39, 0.29) is 14.9 Å². The Morgan fingerprint density at radius 1 is 1.00 bits per heavy atom. The molecule has 0 saturated heterocycles. The first-order chi connectivity index (χ1) is 5.46. The minimum absolute atomic E-state index is 0. The number of nitrogens with two attached hydrogens (primary N) is 1. The van der Waals surface area contributed by atoms with Gasteiger partial charge in [-0.2, -0.15) is 0 Å². The summed E-state index contributed by atoms with van der Waals surface area (Å²) in [6, 6.07) is 0. The molecule has 0 bridgehead atoms. The third kappa shape index (κ3) is 1900. The van der Waals surface area contributed by atoms with E-state index in [1.165, 1.54) is 5.01 Å². The second-order valence-electron chi connectivity index (χ2n) is 2.70. The van der Waals surface area contributed by atoms with E-state index in [0.29, 0.717) is 18.4 Å². The zero-order chi connectivity index (χ0) is 11.2. The van der Waals surface area contributed by atoms with Gasteiger partial charge in [-0.1, -0.05) is 28.7 Å². The third-order valence-corrected chi connectivity index (χ3v) is 0. The molecular formula is C9H33Ga2N3. The Bertz CT molecular complexity index is 41.8. The van der Waals surface area contributed by atoms with Crippen LogP contribution in [0.3, 0.4) is 0 Å². The number of hydrazine groups is 1. The quantitative estimate of drug-likeness (QED) is 0.409. The Kier molecular flexibility index (Phi) is 125. The molecule has 0 fully saturated rings. The van der Waals surface area contributed by atoms with E-state index < -0.39 is 16.2 Å². The Labute approximate surface area is 108 Å². The summed E-state index contributed by atoms with van der Waals surface area (Å²) >= 11 is 0.146. The fourth-order valence-corrected chi connectivity index (χ4v) is 0. The van der Waals surface area contributed by atoms with E-state index >= 15 is 0 Å². The molecule has 0 rings (SSSR count). The Balaban J connectivity index is -0.0000000153. The molecule has 0 aromatic rings. The van der Waals surface area contributed by atoms with Crippen molar-refractivity contribution < 1.29 is 0 Å². The van der Waals surface area contributed by atoms with Gasteiger partial charge in [-0.3, -0.25) is 10.9 Å². The molecule has 0 aliphatic rings. The van der Waals surface area contributed by atoms with Gasteiger partial charge in [-0.25, -0.2) is 0 Å². The Morgan fingerprint density at radius 2 is 1.00 bits per heavy atom. The summed E-state index contributed by atoms with van der Waals surface area (Å²) in [5.41, 5.74) is 7.06. The average molecular weight is 323 g/mol. The normalized spacial score (nSPS) is 5.14. The fourth-order valence-electron chi connectivity index (χ4n) is 0. The van der Waals surface area contributed by atoms with Gasteiger partial charge in [0.2, 0.25) is 0 Å². The molecule has 0 amide bonds. The third-order valence-electron chi connectivity index (χ3n) is 0. The van der Waals surface area contributed by atoms with Gasteiger partial charge in [0, 0.05) is 14.1 Å². The molecule has 3 nitrogen and oxygen atoms in total. The van der Waals surface area contributed by atoms with Crippen LogP contribution in [0.1, 0.15) is 28.7 Å². The average Bonchev–Trinajstić information content (AvgIpc) is 1.93. The fraction of sp³-hybridized carbons (Fsp3) is 1.00. The SMILES string of the molecule is C.C.CC.CN(C)N.[CH3][Ga]([CH3])[CH3].[NH]=[GaH]. The number of hydrogen-bond donors (Lipinski definition) is 2. The van der Waals surface area contributed by atoms with Crippen molar-refractivity contribution in [2.45, 2.75) is 45.1 Å². The summed E-state index contributed by atoms with van der Waals surface area (Å²) in [6.07, 6.45) is 0. The molecule has 0 aliphatic heterocycles. The zero-order valence-corrected chi connectivity index (χ0v) is 15.2. The summed E-state index contributed by atoms with van der Waals surface area (Å²) in [5, 5.41) is 1.50. The van der Waals surface area contributed by atoms with E-state index in [9.17, 15) is 0 Å². The van der Waals surface area contributed by atoms with Crippen molar-refractivity contribution in [1.82, 2.24) is 5.01 Å².